The third kappa shape index (κ3) is 3.42. The van der Waals surface area contributed by atoms with Crippen molar-refractivity contribution in [2.75, 3.05) is 12.4 Å². The van der Waals surface area contributed by atoms with Crippen molar-refractivity contribution in [3.05, 3.63) is 28.8 Å². The maximum atomic E-state index is 11.3. The Kier molecular flexibility index (Phi) is 3.81. The maximum Gasteiger partial charge on any atom is 0.339 e. The molecular formula is C12H16ClNO2. The van der Waals surface area contributed by atoms with Crippen LogP contribution in [-0.2, 0) is 4.74 Å². The monoisotopic (exact) mass is 241 g/mol. The number of ether oxygens (including phenoxy) is 1. The fraction of sp³-hybridized carbons (Fsp3) is 0.417. The van der Waals surface area contributed by atoms with Crippen LogP contribution in [0.2, 0.25) is 5.02 Å². The molecule has 3 nitrogen and oxygen atoms in total. The van der Waals surface area contributed by atoms with E-state index in [1.54, 1.807) is 12.1 Å². The van der Waals surface area contributed by atoms with Crippen LogP contribution in [0.5, 0.6) is 0 Å². The average molecular weight is 242 g/mol. The Balaban J connectivity index is 2.96. The van der Waals surface area contributed by atoms with Crippen LogP contribution in [0.4, 0.5) is 5.69 Å². The van der Waals surface area contributed by atoms with Gasteiger partial charge in [0.15, 0.2) is 0 Å². The van der Waals surface area contributed by atoms with Gasteiger partial charge in [0.1, 0.15) is 0 Å². The van der Waals surface area contributed by atoms with Crippen LogP contribution >= 0.6 is 11.6 Å². The van der Waals surface area contributed by atoms with E-state index >= 15 is 0 Å². The smallest absolute Gasteiger partial charge is 0.339 e. The van der Waals surface area contributed by atoms with E-state index in [1.165, 1.54) is 7.11 Å². The number of nitrogens with one attached hydrogen (secondary N) is 1. The summed E-state index contributed by atoms with van der Waals surface area (Å²) in [5.41, 5.74) is 1.21. The molecule has 0 aliphatic heterocycles. The zero-order chi connectivity index (χ0) is 12.3. The lowest BCUT2D eigenvalue weighted by molar-refractivity contribution is 0.0601. The summed E-state index contributed by atoms with van der Waals surface area (Å²) < 4.78 is 4.61. The molecule has 0 fully saturated rings. The van der Waals surface area contributed by atoms with E-state index in [4.69, 9.17) is 11.6 Å². The third-order valence-corrected chi connectivity index (χ3v) is 2.21. The minimum absolute atomic E-state index is 0.0455. The molecule has 0 radical (unpaired) electrons. The summed E-state index contributed by atoms with van der Waals surface area (Å²) in [5.74, 6) is -0.424. The number of benzene rings is 1. The molecule has 1 aromatic carbocycles. The summed E-state index contributed by atoms with van der Waals surface area (Å²) in [4.78, 5) is 11.3. The first kappa shape index (κ1) is 12.8. The van der Waals surface area contributed by atoms with Crippen LogP contribution in [0.3, 0.4) is 0 Å². The Bertz CT molecular complexity index is 396. The molecule has 0 saturated heterocycles. The highest BCUT2D eigenvalue weighted by atomic mass is 35.5. The van der Waals surface area contributed by atoms with Crippen LogP contribution in [-0.4, -0.2) is 18.6 Å². The molecule has 0 amide bonds. The Morgan fingerprint density at radius 2 is 2.00 bits per heavy atom. The van der Waals surface area contributed by atoms with Crippen LogP contribution in [0.1, 0.15) is 31.1 Å². The van der Waals surface area contributed by atoms with Crippen LogP contribution in [0.25, 0.3) is 0 Å². The van der Waals surface area contributed by atoms with Crippen molar-refractivity contribution in [1.29, 1.82) is 0 Å². The predicted octanol–water partition coefficient (Wildman–Crippen LogP) is 3.34. The van der Waals surface area contributed by atoms with Gasteiger partial charge in [-0.1, -0.05) is 11.6 Å². The first-order valence-corrected chi connectivity index (χ1v) is 5.37. The lowest BCUT2D eigenvalue weighted by Gasteiger charge is -2.22. The number of rotatable bonds is 2. The predicted molar refractivity (Wildman–Crippen MR) is 66.2 cm³/mol. The van der Waals surface area contributed by atoms with Crippen molar-refractivity contribution in [1.82, 2.24) is 0 Å². The van der Waals surface area contributed by atoms with Gasteiger partial charge < -0.3 is 10.1 Å². The minimum Gasteiger partial charge on any atom is -0.465 e. The average Bonchev–Trinajstić information content (AvgIpc) is 2.14. The number of methoxy groups -OCH3 is 1. The minimum atomic E-state index is -0.424. The zero-order valence-electron chi connectivity index (χ0n) is 9.93. The highest BCUT2D eigenvalue weighted by Crippen LogP contribution is 2.23. The van der Waals surface area contributed by atoms with Crippen LogP contribution in [0.15, 0.2) is 18.2 Å². The van der Waals surface area contributed by atoms with E-state index in [2.05, 4.69) is 30.8 Å². The lowest BCUT2D eigenvalue weighted by atomic mass is 10.1. The second-order valence-corrected chi connectivity index (χ2v) is 4.97. The molecule has 0 saturated carbocycles. The summed E-state index contributed by atoms with van der Waals surface area (Å²) in [7, 11) is 1.33. The van der Waals surface area contributed by atoms with Gasteiger partial charge in [0.05, 0.1) is 17.7 Å². The Hall–Kier alpha value is -1.22. The second-order valence-electron chi connectivity index (χ2n) is 4.56. The molecule has 0 heterocycles. The molecule has 0 bridgehead atoms. The fourth-order valence-electron chi connectivity index (χ4n) is 1.30. The standard InChI is InChI=1S/C12H16ClNO2/c1-12(2,3)14-8-5-6-9(10(13)7-8)11(15)16-4/h5-7,14H,1-4H3. The van der Waals surface area contributed by atoms with E-state index in [-0.39, 0.29) is 5.54 Å². The van der Waals surface area contributed by atoms with Gasteiger partial charge in [-0.2, -0.15) is 0 Å². The molecule has 4 heteroatoms. The van der Waals surface area contributed by atoms with Gasteiger partial charge in [0.25, 0.3) is 0 Å². The van der Waals surface area contributed by atoms with Gasteiger partial charge in [0.2, 0.25) is 0 Å². The molecule has 0 aromatic heterocycles. The Labute approximate surface area is 101 Å². The van der Waals surface area contributed by atoms with Gasteiger partial charge in [-0.15, -0.1) is 0 Å². The van der Waals surface area contributed by atoms with E-state index < -0.39 is 5.97 Å². The van der Waals surface area contributed by atoms with E-state index in [0.29, 0.717) is 10.6 Å². The highest BCUT2D eigenvalue weighted by molar-refractivity contribution is 6.33. The normalized spacial score (nSPS) is 11.1. The summed E-state index contributed by atoms with van der Waals surface area (Å²) in [6.07, 6.45) is 0. The van der Waals surface area contributed by atoms with Crippen molar-refractivity contribution >= 4 is 23.3 Å². The van der Waals surface area contributed by atoms with Crippen molar-refractivity contribution in [2.24, 2.45) is 0 Å². The van der Waals surface area contributed by atoms with Gasteiger partial charge in [-0.25, -0.2) is 4.79 Å². The number of carbonyl (C=O) groups excluding carboxylic acids is 1. The van der Waals surface area contributed by atoms with Crippen molar-refractivity contribution in [3.63, 3.8) is 0 Å². The molecule has 0 unspecified atom stereocenters. The van der Waals surface area contributed by atoms with Crippen LogP contribution in [0, 0.1) is 0 Å². The SMILES string of the molecule is COC(=O)c1ccc(NC(C)(C)C)cc1Cl. The van der Waals surface area contributed by atoms with Gasteiger partial charge in [-0.05, 0) is 39.0 Å². The van der Waals surface area contributed by atoms with E-state index in [9.17, 15) is 4.79 Å². The number of carbonyl (C=O) groups is 1. The summed E-state index contributed by atoms with van der Waals surface area (Å²) in [6.45, 7) is 6.15. The first-order valence-electron chi connectivity index (χ1n) is 4.99. The number of anilines is 1. The van der Waals surface area contributed by atoms with Gasteiger partial charge in [-0.3, -0.25) is 0 Å². The highest BCUT2D eigenvalue weighted by Gasteiger charge is 2.13. The number of esters is 1. The lowest BCUT2D eigenvalue weighted by Crippen LogP contribution is -2.26. The van der Waals surface area contributed by atoms with Gasteiger partial charge >= 0.3 is 5.97 Å². The molecule has 1 rings (SSSR count). The van der Waals surface area contributed by atoms with Crippen molar-refractivity contribution < 1.29 is 9.53 Å². The summed E-state index contributed by atoms with van der Waals surface area (Å²) >= 11 is 5.99. The summed E-state index contributed by atoms with van der Waals surface area (Å²) in [5, 5.41) is 3.66. The van der Waals surface area contributed by atoms with Crippen molar-refractivity contribution in [2.45, 2.75) is 26.3 Å². The Morgan fingerprint density at radius 3 is 2.44 bits per heavy atom. The molecule has 1 N–H and O–H groups in total. The molecule has 88 valence electrons. The number of halogens is 1. The quantitative estimate of drug-likeness (QED) is 0.807. The molecule has 0 spiro atoms. The Morgan fingerprint density at radius 1 is 1.38 bits per heavy atom. The van der Waals surface area contributed by atoms with Crippen LogP contribution < -0.4 is 5.32 Å². The van der Waals surface area contributed by atoms with Gasteiger partial charge in [0, 0.05) is 11.2 Å². The fourth-order valence-corrected chi connectivity index (χ4v) is 1.56. The largest absolute Gasteiger partial charge is 0.465 e. The van der Waals surface area contributed by atoms with E-state index in [0.717, 1.165) is 5.69 Å². The molecular weight excluding hydrogens is 226 g/mol. The molecule has 0 atom stereocenters. The maximum absolute atomic E-state index is 11.3. The third-order valence-electron chi connectivity index (χ3n) is 1.89. The van der Waals surface area contributed by atoms with E-state index in [1.807, 2.05) is 6.07 Å². The number of hydrogen-bond acceptors (Lipinski definition) is 3. The zero-order valence-corrected chi connectivity index (χ0v) is 10.7. The summed E-state index contributed by atoms with van der Waals surface area (Å²) in [6, 6.07) is 5.19. The molecule has 0 aliphatic rings. The topological polar surface area (TPSA) is 38.3 Å². The van der Waals surface area contributed by atoms with Crippen molar-refractivity contribution in [3.8, 4) is 0 Å². The molecule has 1 aromatic rings. The molecule has 16 heavy (non-hydrogen) atoms. The molecule has 0 aliphatic carbocycles. The first-order chi connectivity index (χ1) is 7.33. The number of hydrogen-bond donors (Lipinski definition) is 1. The second kappa shape index (κ2) is 4.74.